The molecule has 3 saturated carbocycles. The van der Waals surface area contributed by atoms with Crippen molar-refractivity contribution in [1.29, 1.82) is 0 Å². The van der Waals surface area contributed by atoms with E-state index in [-0.39, 0.29) is 34.1 Å². The Morgan fingerprint density at radius 1 is 1.21 bits per heavy atom. The predicted molar refractivity (Wildman–Crippen MR) is 119 cm³/mol. The molecule has 2 bridgehead atoms. The predicted octanol–water partition coefficient (Wildman–Crippen LogP) is 4.39. The van der Waals surface area contributed by atoms with E-state index in [9.17, 15) is 19.1 Å². The summed E-state index contributed by atoms with van der Waals surface area (Å²) >= 11 is 11.7. The fourth-order valence-electron chi connectivity index (χ4n) is 5.46. The summed E-state index contributed by atoms with van der Waals surface area (Å²) in [6.45, 7) is 1.41. The largest absolute Gasteiger partial charge is 0.486 e. The number of halogens is 3. The topological polar surface area (TPSA) is 84.9 Å². The Hall–Kier alpha value is -2.35. The number of ether oxygens (including phenoxy) is 2. The van der Waals surface area contributed by atoms with Crippen molar-refractivity contribution in [3.63, 3.8) is 0 Å². The fraction of sp³-hybridized carbons (Fsp3) is 0.417. The summed E-state index contributed by atoms with van der Waals surface area (Å²) < 4.78 is 24.7. The van der Waals surface area contributed by atoms with Gasteiger partial charge in [-0.2, -0.15) is 0 Å². The van der Waals surface area contributed by atoms with Crippen molar-refractivity contribution < 1.29 is 28.6 Å². The standard InChI is InChI=1S/C24H22Cl2FNO5/c1-22(20(30)16-6-13(25)2-5-19(16)33-22)21(31)28-24-10-23(11-24,12-24)8-14(29)9-32-15-3-4-17(26)18(27)7-15/h2-7,20,30H,8-12H2,1H3,(H,28,31)/t20?,22-,23?,24?/m1/s1. The van der Waals surface area contributed by atoms with E-state index in [1.54, 1.807) is 25.1 Å². The number of ketones is 1. The highest BCUT2D eigenvalue weighted by molar-refractivity contribution is 6.31. The van der Waals surface area contributed by atoms with E-state index in [0.29, 0.717) is 42.0 Å². The number of benzene rings is 2. The highest BCUT2D eigenvalue weighted by atomic mass is 35.5. The maximum atomic E-state index is 13.5. The number of nitrogens with one attached hydrogen (secondary N) is 1. The molecule has 1 amide bonds. The molecule has 1 aliphatic heterocycles. The summed E-state index contributed by atoms with van der Waals surface area (Å²) in [5, 5.41) is 14.2. The maximum Gasteiger partial charge on any atom is 0.267 e. The van der Waals surface area contributed by atoms with Crippen LogP contribution in [0.1, 0.15) is 44.3 Å². The number of hydrogen-bond donors (Lipinski definition) is 2. The van der Waals surface area contributed by atoms with Gasteiger partial charge in [-0.15, -0.1) is 0 Å². The molecule has 9 heteroatoms. The van der Waals surface area contributed by atoms with Crippen molar-refractivity contribution in [2.45, 2.75) is 49.9 Å². The molecule has 33 heavy (non-hydrogen) atoms. The molecule has 2 aromatic rings. The van der Waals surface area contributed by atoms with Crippen LogP contribution in [0.15, 0.2) is 36.4 Å². The number of aliphatic hydroxyl groups is 1. The summed E-state index contributed by atoms with van der Waals surface area (Å²) in [5.74, 6) is -0.397. The summed E-state index contributed by atoms with van der Waals surface area (Å²) in [5.41, 5.74) is -1.49. The minimum Gasteiger partial charge on any atom is -0.486 e. The van der Waals surface area contributed by atoms with E-state index in [0.717, 1.165) is 6.07 Å². The molecule has 0 saturated heterocycles. The molecule has 0 spiro atoms. The van der Waals surface area contributed by atoms with Crippen LogP contribution in [0, 0.1) is 11.2 Å². The summed E-state index contributed by atoms with van der Waals surface area (Å²) in [6, 6.07) is 8.92. The van der Waals surface area contributed by atoms with Gasteiger partial charge in [-0.05, 0) is 61.9 Å². The number of aliphatic hydroxyl groups excluding tert-OH is 1. The highest BCUT2D eigenvalue weighted by Crippen LogP contribution is 2.69. The van der Waals surface area contributed by atoms with Gasteiger partial charge in [0.15, 0.2) is 5.78 Å². The smallest absolute Gasteiger partial charge is 0.267 e. The molecular formula is C24H22Cl2FNO5. The lowest BCUT2D eigenvalue weighted by Crippen LogP contribution is -2.76. The Balaban J connectivity index is 1.13. The van der Waals surface area contributed by atoms with Crippen molar-refractivity contribution in [3.05, 3.63) is 57.8 Å². The molecule has 3 fully saturated rings. The highest BCUT2D eigenvalue weighted by Gasteiger charge is 2.69. The second-order valence-corrected chi connectivity index (χ2v) is 10.5. The van der Waals surface area contributed by atoms with Gasteiger partial charge in [0, 0.05) is 28.6 Å². The first-order valence-corrected chi connectivity index (χ1v) is 11.4. The number of rotatable bonds is 7. The van der Waals surface area contributed by atoms with Crippen LogP contribution >= 0.6 is 23.2 Å². The van der Waals surface area contributed by atoms with Gasteiger partial charge in [0.2, 0.25) is 5.60 Å². The normalized spacial score (nSPS) is 31.0. The minimum absolute atomic E-state index is 0.00746. The van der Waals surface area contributed by atoms with Crippen LogP contribution < -0.4 is 14.8 Å². The second-order valence-electron chi connectivity index (χ2n) is 9.64. The number of fused-ring (bicyclic) bond motifs is 1. The Morgan fingerprint density at radius 3 is 2.64 bits per heavy atom. The molecule has 1 heterocycles. The third kappa shape index (κ3) is 3.76. The van der Waals surface area contributed by atoms with Gasteiger partial charge >= 0.3 is 0 Å². The van der Waals surface area contributed by atoms with E-state index in [1.165, 1.54) is 12.1 Å². The number of hydrogen-bond acceptors (Lipinski definition) is 5. The van der Waals surface area contributed by atoms with Gasteiger partial charge in [0.25, 0.3) is 5.91 Å². The number of amides is 1. The van der Waals surface area contributed by atoms with Crippen LogP contribution in [0.5, 0.6) is 11.5 Å². The molecule has 6 rings (SSSR count). The van der Waals surface area contributed by atoms with E-state index < -0.39 is 23.4 Å². The molecule has 0 radical (unpaired) electrons. The molecule has 3 aliphatic carbocycles. The zero-order valence-corrected chi connectivity index (χ0v) is 19.3. The summed E-state index contributed by atoms with van der Waals surface area (Å²) in [6.07, 6.45) is 1.23. The number of carbonyl (C=O) groups is 2. The van der Waals surface area contributed by atoms with Crippen LogP contribution in [-0.4, -0.2) is 34.5 Å². The zero-order chi connectivity index (χ0) is 23.6. The van der Waals surface area contributed by atoms with Crippen LogP contribution in [0.3, 0.4) is 0 Å². The summed E-state index contributed by atoms with van der Waals surface area (Å²) in [7, 11) is 0. The molecular weight excluding hydrogens is 472 g/mol. The van der Waals surface area contributed by atoms with E-state index in [4.69, 9.17) is 32.7 Å². The molecule has 4 aliphatic rings. The quantitative estimate of drug-likeness (QED) is 0.597. The molecule has 0 aromatic heterocycles. The Morgan fingerprint density at radius 2 is 1.94 bits per heavy atom. The molecule has 6 nitrogen and oxygen atoms in total. The van der Waals surface area contributed by atoms with Crippen molar-refractivity contribution in [3.8, 4) is 11.5 Å². The summed E-state index contributed by atoms with van der Waals surface area (Å²) in [4.78, 5) is 25.4. The van der Waals surface area contributed by atoms with Crippen LogP contribution in [0.2, 0.25) is 10.0 Å². The van der Waals surface area contributed by atoms with E-state index >= 15 is 0 Å². The first-order valence-electron chi connectivity index (χ1n) is 10.6. The molecule has 2 aromatic carbocycles. The third-order valence-corrected chi connectivity index (χ3v) is 7.48. The molecule has 1 unspecified atom stereocenters. The lowest BCUT2D eigenvalue weighted by atomic mass is 9.38. The Bertz CT molecular complexity index is 1150. The number of carbonyl (C=O) groups excluding carboxylic acids is 2. The SMILES string of the molecule is C[C@@]1(C(=O)NC23CC(CC(=O)COc4ccc(Cl)c(F)c4)(C2)C3)Oc2ccc(Cl)cc2C1O. The monoisotopic (exact) mass is 493 g/mol. The molecule has 2 N–H and O–H groups in total. The second kappa shape index (κ2) is 7.58. The van der Waals surface area contributed by atoms with Crippen LogP contribution in [0.25, 0.3) is 0 Å². The lowest BCUT2D eigenvalue weighted by molar-refractivity contribution is -0.181. The first-order chi connectivity index (χ1) is 15.5. The van der Waals surface area contributed by atoms with Crippen molar-refractivity contribution >= 4 is 34.9 Å². The van der Waals surface area contributed by atoms with E-state index in [2.05, 4.69) is 5.32 Å². The van der Waals surface area contributed by atoms with Crippen LogP contribution in [0.4, 0.5) is 4.39 Å². The van der Waals surface area contributed by atoms with Gasteiger partial charge in [0.05, 0.1) is 5.02 Å². The first kappa shape index (κ1) is 22.4. The minimum atomic E-state index is -1.45. The maximum absolute atomic E-state index is 13.5. The van der Waals surface area contributed by atoms with Gasteiger partial charge in [-0.3, -0.25) is 9.59 Å². The van der Waals surface area contributed by atoms with Gasteiger partial charge < -0.3 is 19.9 Å². The van der Waals surface area contributed by atoms with Gasteiger partial charge in [-0.1, -0.05) is 23.2 Å². The lowest BCUT2D eigenvalue weighted by Gasteiger charge is -2.71. The van der Waals surface area contributed by atoms with E-state index in [1.807, 2.05) is 0 Å². The zero-order valence-electron chi connectivity index (χ0n) is 17.8. The Labute approximate surface area is 200 Å². The van der Waals surface area contributed by atoms with Crippen molar-refractivity contribution in [2.24, 2.45) is 5.41 Å². The van der Waals surface area contributed by atoms with Crippen molar-refractivity contribution in [1.82, 2.24) is 5.32 Å². The van der Waals surface area contributed by atoms with Gasteiger partial charge in [-0.25, -0.2) is 4.39 Å². The average Bonchev–Trinajstić information content (AvgIpc) is 2.97. The fourth-order valence-corrected chi connectivity index (χ4v) is 5.76. The van der Waals surface area contributed by atoms with Crippen LogP contribution in [-0.2, 0) is 9.59 Å². The number of Topliss-reactive ketones (excluding diaryl/α,β-unsaturated/α-hetero) is 1. The molecule has 2 atom stereocenters. The third-order valence-electron chi connectivity index (χ3n) is 6.94. The Kier molecular flexibility index (Phi) is 5.16. The average molecular weight is 494 g/mol. The van der Waals surface area contributed by atoms with Gasteiger partial charge in [0.1, 0.15) is 30.0 Å². The van der Waals surface area contributed by atoms with Crippen molar-refractivity contribution in [2.75, 3.05) is 6.61 Å². The molecule has 174 valence electrons.